The number of ether oxygens (including phenoxy) is 2. The molecule has 0 saturated carbocycles. The summed E-state index contributed by atoms with van der Waals surface area (Å²) in [5, 5.41) is 8.33. The molecule has 0 amide bonds. The van der Waals surface area contributed by atoms with Crippen molar-refractivity contribution in [1.29, 1.82) is 0 Å². The molecule has 82 valence electrons. The molecule has 0 heterocycles. The van der Waals surface area contributed by atoms with Crippen LogP contribution in [0.3, 0.4) is 0 Å². The number of alkyl halides is 2. The van der Waals surface area contributed by atoms with Gasteiger partial charge >= 0.3 is 12.6 Å². The Labute approximate surface area is 84.0 Å². The van der Waals surface area contributed by atoms with Crippen molar-refractivity contribution in [3.05, 3.63) is 24.3 Å². The molecule has 0 aliphatic carbocycles. The quantitative estimate of drug-likeness (QED) is 0.817. The first kappa shape index (κ1) is 11.2. The Morgan fingerprint density at radius 1 is 1.33 bits per heavy atom. The van der Waals surface area contributed by atoms with Gasteiger partial charge in [0.05, 0.1) is 0 Å². The highest BCUT2D eigenvalue weighted by Crippen LogP contribution is 2.27. The lowest BCUT2D eigenvalue weighted by Crippen LogP contribution is -2.11. The van der Waals surface area contributed by atoms with Crippen molar-refractivity contribution in [3.63, 3.8) is 0 Å². The van der Waals surface area contributed by atoms with Crippen LogP contribution in [0.4, 0.5) is 8.78 Å². The van der Waals surface area contributed by atoms with Crippen molar-refractivity contribution in [2.24, 2.45) is 0 Å². The van der Waals surface area contributed by atoms with Gasteiger partial charge < -0.3 is 14.6 Å². The van der Waals surface area contributed by atoms with Crippen LogP contribution in [0.2, 0.25) is 0 Å². The second-order valence-electron chi connectivity index (χ2n) is 2.51. The lowest BCUT2D eigenvalue weighted by Gasteiger charge is -2.09. The fraction of sp³-hybridized carbons (Fsp3) is 0.222. The van der Waals surface area contributed by atoms with Crippen LogP contribution in [0.5, 0.6) is 11.5 Å². The molecule has 0 saturated heterocycles. The molecule has 1 rings (SSSR count). The number of para-hydroxylation sites is 2. The van der Waals surface area contributed by atoms with E-state index in [1.807, 2.05) is 0 Å². The van der Waals surface area contributed by atoms with Crippen molar-refractivity contribution in [1.82, 2.24) is 0 Å². The summed E-state index contributed by atoms with van der Waals surface area (Å²) in [7, 11) is 0. The average Bonchev–Trinajstić information content (AvgIpc) is 2.15. The van der Waals surface area contributed by atoms with Crippen LogP contribution in [0.1, 0.15) is 0 Å². The van der Waals surface area contributed by atoms with Gasteiger partial charge in [-0.15, -0.1) is 0 Å². The van der Waals surface area contributed by atoms with Crippen LogP contribution < -0.4 is 9.47 Å². The smallest absolute Gasteiger partial charge is 0.387 e. The first-order valence-corrected chi connectivity index (χ1v) is 3.98. The molecule has 0 radical (unpaired) electrons. The fourth-order valence-corrected chi connectivity index (χ4v) is 0.902. The summed E-state index contributed by atoms with van der Waals surface area (Å²) in [5.41, 5.74) is 0. The maximum absolute atomic E-state index is 11.9. The zero-order chi connectivity index (χ0) is 11.3. The molecule has 0 spiro atoms. The normalized spacial score (nSPS) is 10.1. The van der Waals surface area contributed by atoms with E-state index in [0.717, 1.165) is 0 Å². The van der Waals surface area contributed by atoms with Gasteiger partial charge in [0, 0.05) is 0 Å². The van der Waals surface area contributed by atoms with E-state index in [0.29, 0.717) is 0 Å². The monoisotopic (exact) mass is 218 g/mol. The van der Waals surface area contributed by atoms with Crippen molar-refractivity contribution in [2.45, 2.75) is 6.61 Å². The summed E-state index contributed by atoms with van der Waals surface area (Å²) in [6, 6.07) is 5.62. The Balaban J connectivity index is 2.72. The highest BCUT2D eigenvalue weighted by Gasteiger charge is 2.10. The minimum absolute atomic E-state index is 0.0276. The maximum atomic E-state index is 11.9. The number of carboxylic acid groups (broad SMARTS) is 1. The van der Waals surface area contributed by atoms with Gasteiger partial charge in [-0.05, 0) is 12.1 Å². The molecule has 1 aromatic rings. The van der Waals surface area contributed by atoms with E-state index in [1.54, 1.807) is 0 Å². The number of hydrogen-bond donors (Lipinski definition) is 1. The van der Waals surface area contributed by atoms with Gasteiger partial charge in [-0.1, -0.05) is 12.1 Å². The highest BCUT2D eigenvalue weighted by atomic mass is 19.3. The molecule has 0 aromatic heterocycles. The summed E-state index contributed by atoms with van der Waals surface area (Å²) >= 11 is 0. The van der Waals surface area contributed by atoms with Gasteiger partial charge in [-0.25, -0.2) is 4.79 Å². The Bertz CT molecular complexity index is 341. The third-order valence-electron chi connectivity index (χ3n) is 1.42. The molecule has 0 fully saturated rings. The third-order valence-corrected chi connectivity index (χ3v) is 1.42. The fourth-order valence-electron chi connectivity index (χ4n) is 0.902. The number of carbonyl (C=O) groups is 1. The minimum atomic E-state index is -2.97. The summed E-state index contributed by atoms with van der Waals surface area (Å²) in [4.78, 5) is 10.2. The lowest BCUT2D eigenvalue weighted by molar-refractivity contribution is -0.139. The molecule has 0 aliphatic rings. The summed E-state index contributed by atoms with van der Waals surface area (Å²) in [5.74, 6) is -1.41. The first-order valence-electron chi connectivity index (χ1n) is 3.98. The molecule has 0 bridgehead atoms. The zero-order valence-corrected chi connectivity index (χ0v) is 7.52. The summed E-state index contributed by atoms with van der Waals surface area (Å²) < 4.78 is 32.7. The van der Waals surface area contributed by atoms with E-state index in [4.69, 9.17) is 9.84 Å². The van der Waals surface area contributed by atoms with E-state index >= 15 is 0 Å². The molecule has 1 aromatic carbocycles. The van der Waals surface area contributed by atoms with Crippen LogP contribution in [0.15, 0.2) is 24.3 Å². The highest BCUT2D eigenvalue weighted by molar-refractivity contribution is 5.68. The molecule has 0 atom stereocenters. The van der Waals surface area contributed by atoms with Crippen molar-refractivity contribution >= 4 is 5.97 Å². The Morgan fingerprint density at radius 3 is 2.47 bits per heavy atom. The van der Waals surface area contributed by atoms with E-state index in [-0.39, 0.29) is 11.5 Å². The van der Waals surface area contributed by atoms with Gasteiger partial charge in [-0.2, -0.15) is 8.78 Å². The molecule has 4 nitrogen and oxygen atoms in total. The second-order valence-corrected chi connectivity index (χ2v) is 2.51. The Kier molecular flexibility index (Phi) is 3.84. The SMILES string of the molecule is O=C(O)COc1ccccc1OC(F)F. The number of rotatable bonds is 5. The van der Waals surface area contributed by atoms with Crippen LogP contribution in [0.25, 0.3) is 0 Å². The van der Waals surface area contributed by atoms with E-state index in [2.05, 4.69) is 4.74 Å². The summed E-state index contributed by atoms with van der Waals surface area (Å²) in [6.45, 7) is -3.58. The predicted octanol–water partition coefficient (Wildman–Crippen LogP) is 1.75. The Hall–Kier alpha value is -1.85. The molecule has 0 aliphatic heterocycles. The molecule has 0 unspecified atom stereocenters. The van der Waals surface area contributed by atoms with Gasteiger partial charge in [0.25, 0.3) is 0 Å². The van der Waals surface area contributed by atoms with Crippen LogP contribution in [-0.2, 0) is 4.79 Å². The number of hydrogen-bond acceptors (Lipinski definition) is 3. The van der Waals surface area contributed by atoms with Crippen LogP contribution in [0, 0.1) is 0 Å². The van der Waals surface area contributed by atoms with E-state index < -0.39 is 19.2 Å². The van der Waals surface area contributed by atoms with Crippen LogP contribution in [-0.4, -0.2) is 24.3 Å². The molecular weight excluding hydrogens is 210 g/mol. The largest absolute Gasteiger partial charge is 0.479 e. The molecule has 15 heavy (non-hydrogen) atoms. The second kappa shape index (κ2) is 5.14. The maximum Gasteiger partial charge on any atom is 0.387 e. The molecule has 1 N–H and O–H groups in total. The minimum Gasteiger partial charge on any atom is -0.479 e. The lowest BCUT2D eigenvalue weighted by atomic mass is 10.3. The number of halogens is 2. The number of carboxylic acids is 1. The van der Waals surface area contributed by atoms with Gasteiger partial charge in [0.1, 0.15) is 0 Å². The summed E-state index contributed by atoms with van der Waals surface area (Å²) in [6.07, 6.45) is 0. The topological polar surface area (TPSA) is 55.8 Å². The van der Waals surface area contributed by atoms with Crippen molar-refractivity contribution in [2.75, 3.05) is 6.61 Å². The van der Waals surface area contributed by atoms with E-state index in [9.17, 15) is 13.6 Å². The first-order chi connectivity index (χ1) is 7.09. The predicted molar refractivity (Wildman–Crippen MR) is 46.2 cm³/mol. The van der Waals surface area contributed by atoms with Crippen molar-refractivity contribution in [3.8, 4) is 11.5 Å². The van der Waals surface area contributed by atoms with Crippen LogP contribution >= 0.6 is 0 Å². The average molecular weight is 218 g/mol. The third kappa shape index (κ3) is 3.80. The zero-order valence-electron chi connectivity index (χ0n) is 7.52. The number of aliphatic carboxylic acids is 1. The standard InChI is InChI=1S/C9H8F2O4/c10-9(11)15-7-4-2-1-3-6(7)14-5-8(12)13/h1-4,9H,5H2,(H,12,13). The van der Waals surface area contributed by atoms with E-state index in [1.165, 1.54) is 24.3 Å². The van der Waals surface area contributed by atoms with Gasteiger partial charge in [0.15, 0.2) is 18.1 Å². The number of benzene rings is 1. The van der Waals surface area contributed by atoms with Crippen molar-refractivity contribution < 1.29 is 28.2 Å². The Morgan fingerprint density at radius 2 is 1.93 bits per heavy atom. The molecule has 6 heteroatoms. The van der Waals surface area contributed by atoms with Gasteiger partial charge in [-0.3, -0.25) is 0 Å². The van der Waals surface area contributed by atoms with Gasteiger partial charge in [0.2, 0.25) is 0 Å². The molecular formula is C9H8F2O4.